The number of hydrogen-bond acceptors (Lipinski definition) is 4. The van der Waals surface area contributed by atoms with Gasteiger partial charge in [-0.05, 0) is 26.8 Å². The van der Waals surface area contributed by atoms with Crippen LogP contribution >= 0.6 is 0 Å². The van der Waals surface area contributed by atoms with Gasteiger partial charge in [0, 0.05) is 32.2 Å². The molecular formula is C13H24N4O2. The van der Waals surface area contributed by atoms with E-state index in [-0.39, 0.29) is 17.9 Å². The summed E-state index contributed by atoms with van der Waals surface area (Å²) in [5.74, 6) is 0.133. The lowest BCUT2D eigenvalue weighted by atomic mass is 10.2. The summed E-state index contributed by atoms with van der Waals surface area (Å²) in [6, 6.07) is 0.111. The molecule has 0 radical (unpaired) electrons. The number of piperazine rings is 1. The molecule has 1 heterocycles. The standard InChI is InChI=1S/C13H24N4O2/c1-10(13(19)15-11-3-4-11)16(2)9-12(18)17-7-5-14-6-8-17/h10-11,14H,3-9H2,1-2H3,(H,15,19). The SMILES string of the molecule is CC(C(=O)NC1CC1)N(C)CC(=O)N1CCNCC1. The second-order valence-corrected chi connectivity index (χ2v) is 5.50. The normalized spacial score (nSPS) is 21.3. The first kappa shape index (κ1) is 14.3. The van der Waals surface area contributed by atoms with Crippen molar-refractivity contribution in [2.24, 2.45) is 0 Å². The van der Waals surface area contributed by atoms with Gasteiger partial charge in [0.1, 0.15) is 0 Å². The highest BCUT2D eigenvalue weighted by atomic mass is 16.2. The van der Waals surface area contributed by atoms with E-state index in [1.807, 2.05) is 23.8 Å². The largest absolute Gasteiger partial charge is 0.352 e. The summed E-state index contributed by atoms with van der Waals surface area (Å²) in [4.78, 5) is 27.7. The molecule has 1 aliphatic heterocycles. The summed E-state index contributed by atoms with van der Waals surface area (Å²) in [7, 11) is 1.83. The van der Waals surface area contributed by atoms with E-state index in [4.69, 9.17) is 0 Å². The van der Waals surface area contributed by atoms with E-state index < -0.39 is 0 Å². The fraction of sp³-hybridized carbons (Fsp3) is 0.846. The smallest absolute Gasteiger partial charge is 0.237 e. The summed E-state index contributed by atoms with van der Waals surface area (Å²) in [5, 5.41) is 6.19. The zero-order valence-corrected chi connectivity index (χ0v) is 11.8. The Morgan fingerprint density at radius 2 is 2.00 bits per heavy atom. The van der Waals surface area contributed by atoms with Crippen LogP contribution in [0.15, 0.2) is 0 Å². The number of nitrogens with zero attached hydrogens (tertiary/aromatic N) is 2. The van der Waals surface area contributed by atoms with Crippen LogP contribution in [-0.4, -0.2) is 73.5 Å². The third-order valence-corrected chi connectivity index (χ3v) is 3.82. The first-order valence-corrected chi connectivity index (χ1v) is 7.07. The quantitative estimate of drug-likeness (QED) is 0.672. The first-order chi connectivity index (χ1) is 9.08. The van der Waals surface area contributed by atoms with Gasteiger partial charge >= 0.3 is 0 Å². The Bertz CT molecular complexity index is 338. The number of carbonyl (C=O) groups is 2. The van der Waals surface area contributed by atoms with Gasteiger partial charge in [0.2, 0.25) is 11.8 Å². The number of likely N-dealkylation sites (N-methyl/N-ethyl adjacent to an activating group) is 1. The van der Waals surface area contributed by atoms with Crippen LogP contribution in [-0.2, 0) is 9.59 Å². The minimum absolute atomic E-state index is 0.0260. The van der Waals surface area contributed by atoms with Crippen molar-refractivity contribution >= 4 is 11.8 Å². The summed E-state index contributed by atoms with van der Waals surface area (Å²) in [6.07, 6.45) is 2.17. The second-order valence-electron chi connectivity index (χ2n) is 5.50. The van der Waals surface area contributed by atoms with E-state index in [9.17, 15) is 9.59 Å². The fourth-order valence-corrected chi connectivity index (χ4v) is 2.11. The van der Waals surface area contributed by atoms with Crippen molar-refractivity contribution in [1.82, 2.24) is 20.4 Å². The van der Waals surface area contributed by atoms with Crippen LogP contribution in [0.1, 0.15) is 19.8 Å². The summed E-state index contributed by atoms with van der Waals surface area (Å²) >= 11 is 0. The van der Waals surface area contributed by atoms with E-state index >= 15 is 0 Å². The maximum Gasteiger partial charge on any atom is 0.237 e. The maximum absolute atomic E-state index is 12.1. The number of hydrogen-bond donors (Lipinski definition) is 2. The highest BCUT2D eigenvalue weighted by Gasteiger charge is 2.28. The van der Waals surface area contributed by atoms with E-state index in [2.05, 4.69) is 10.6 Å². The van der Waals surface area contributed by atoms with Crippen molar-refractivity contribution in [3.63, 3.8) is 0 Å². The van der Waals surface area contributed by atoms with Crippen LogP contribution in [0.3, 0.4) is 0 Å². The van der Waals surface area contributed by atoms with E-state index in [0.717, 1.165) is 39.0 Å². The molecule has 0 spiro atoms. The first-order valence-electron chi connectivity index (χ1n) is 7.07. The second kappa shape index (κ2) is 6.34. The molecule has 2 aliphatic rings. The Morgan fingerprint density at radius 1 is 1.37 bits per heavy atom. The van der Waals surface area contributed by atoms with Gasteiger partial charge in [-0.3, -0.25) is 14.5 Å². The lowest BCUT2D eigenvalue weighted by molar-refractivity contribution is -0.134. The molecule has 0 aromatic carbocycles. The Hall–Kier alpha value is -1.14. The minimum atomic E-state index is -0.257. The average Bonchev–Trinajstić information content (AvgIpc) is 3.22. The van der Waals surface area contributed by atoms with Crippen molar-refractivity contribution in [3.05, 3.63) is 0 Å². The Labute approximate surface area is 114 Å². The van der Waals surface area contributed by atoms with Crippen LogP contribution in [0.2, 0.25) is 0 Å². The summed E-state index contributed by atoms with van der Waals surface area (Å²) in [6.45, 7) is 5.38. The predicted molar refractivity (Wildman–Crippen MR) is 72.7 cm³/mol. The van der Waals surface area contributed by atoms with Gasteiger partial charge in [-0.2, -0.15) is 0 Å². The monoisotopic (exact) mass is 268 g/mol. The molecule has 108 valence electrons. The van der Waals surface area contributed by atoms with Crippen molar-refractivity contribution in [2.45, 2.75) is 31.8 Å². The molecule has 2 rings (SSSR count). The molecule has 6 heteroatoms. The van der Waals surface area contributed by atoms with E-state index in [1.165, 1.54) is 0 Å². The lowest BCUT2D eigenvalue weighted by Gasteiger charge is -2.30. The summed E-state index contributed by atoms with van der Waals surface area (Å²) in [5.41, 5.74) is 0. The van der Waals surface area contributed by atoms with Gasteiger partial charge in [-0.1, -0.05) is 0 Å². The molecule has 2 N–H and O–H groups in total. The van der Waals surface area contributed by atoms with E-state index in [0.29, 0.717) is 12.6 Å². The molecule has 0 aromatic rings. The van der Waals surface area contributed by atoms with Gasteiger partial charge in [0.15, 0.2) is 0 Å². The molecule has 1 unspecified atom stereocenters. The van der Waals surface area contributed by atoms with Crippen LogP contribution in [0.5, 0.6) is 0 Å². The van der Waals surface area contributed by atoms with Crippen LogP contribution in [0.4, 0.5) is 0 Å². The minimum Gasteiger partial charge on any atom is -0.352 e. The van der Waals surface area contributed by atoms with Crippen molar-refractivity contribution in [3.8, 4) is 0 Å². The third-order valence-electron chi connectivity index (χ3n) is 3.82. The predicted octanol–water partition coefficient (Wildman–Crippen LogP) is -0.983. The molecule has 1 aliphatic carbocycles. The van der Waals surface area contributed by atoms with Gasteiger partial charge in [0.25, 0.3) is 0 Å². The van der Waals surface area contributed by atoms with Gasteiger partial charge in [0.05, 0.1) is 12.6 Å². The number of nitrogens with one attached hydrogen (secondary N) is 2. The summed E-state index contributed by atoms with van der Waals surface area (Å²) < 4.78 is 0. The molecular weight excluding hydrogens is 244 g/mol. The molecule has 19 heavy (non-hydrogen) atoms. The number of rotatable bonds is 5. The topological polar surface area (TPSA) is 64.7 Å². The van der Waals surface area contributed by atoms with Crippen LogP contribution in [0.25, 0.3) is 0 Å². The van der Waals surface area contributed by atoms with E-state index in [1.54, 1.807) is 0 Å². The maximum atomic E-state index is 12.1. The molecule has 0 aromatic heterocycles. The van der Waals surface area contributed by atoms with Crippen molar-refractivity contribution < 1.29 is 9.59 Å². The van der Waals surface area contributed by atoms with Crippen LogP contribution in [0, 0.1) is 0 Å². The Balaban J connectivity index is 1.76. The van der Waals surface area contributed by atoms with Crippen molar-refractivity contribution in [2.75, 3.05) is 39.8 Å². The molecule has 2 amide bonds. The molecule has 1 saturated carbocycles. The zero-order chi connectivity index (χ0) is 13.8. The zero-order valence-electron chi connectivity index (χ0n) is 11.8. The number of amides is 2. The highest BCUT2D eigenvalue weighted by molar-refractivity contribution is 5.83. The number of carbonyl (C=O) groups excluding carboxylic acids is 2. The Morgan fingerprint density at radius 3 is 2.58 bits per heavy atom. The molecule has 2 fully saturated rings. The van der Waals surface area contributed by atoms with Crippen LogP contribution < -0.4 is 10.6 Å². The molecule has 0 bridgehead atoms. The molecule has 6 nitrogen and oxygen atoms in total. The van der Waals surface area contributed by atoms with Crippen molar-refractivity contribution in [1.29, 1.82) is 0 Å². The van der Waals surface area contributed by atoms with Gasteiger partial charge < -0.3 is 15.5 Å². The lowest BCUT2D eigenvalue weighted by Crippen LogP contribution is -2.52. The molecule has 1 saturated heterocycles. The average molecular weight is 268 g/mol. The molecule has 1 atom stereocenters. The van der Waals surface area contributed by atoms with Gasteiger partial charge in [-0.25, -0.2) is 0 Å². The van der Waals surface area contributed by atoms with Gasteiger partial charge in [-0.15, -0.1) is 0 Å². The third kappa shape index (κ3) is 4.18. The highest BCUT2D eigenvalue weighted by Crippen LogP contribution is 2.18. The fourth-order valence-electron chi connectivity index (χ4n) is 2.11. The Kier molecular flexibility index (Phi) is 4.76.